The Kier molecular flexibility index (Phi) is 1.72. The summed E-state index contributed by atoms with van der Waals surface area (Å²) >= 11 is 0. The fourth-order valence-corrected chi connectivity index (χ4v) is 1.59. The van der Waals surface area contributed by atoms with Crippen LogP contribution < -0.4 is 10.1 Å². The van der Waals surface area contributed by atoms with Crippen molar-refractivity contribution in [3.63, 3.8) is 0 Å². The minimum atomic E-state index is -0.0647. The second kappa shape index (κ2) is 2.76. The van der Waals surface area contributed by atoms with Gasteiger partial charge >= 0.3 is 0 Å². The number of fused-ring (bicyclic) bond motifs is 1. The molecule has 0 aliphatic carbocycles. The van der Waals surface area contributed by atoms with Crippen LogP contribution in [-0.4, -0.2) is 13.0 Å². The van der Waals surface area contributed by atoms with E-state index in [4.69, 9.17) is 4.74 Å². The molecule has 1 N–H and O–H groups in total. The predicted octanol–water partition coefficient (Wildman–Crippen LogP) is 1.75. The number of carbonyl (C=O) groups is 1. The highest BCUT2D eigenvalue weighted by molar-refractivity contribution is 6.04. The van der Waals surface area contributed by atoms with Gasteiger partial charge in [0.05, 0.1) is 18.7 Å². The molecule has 1 aromatic carbocycles. The smallest absolute Gasteiger partial charge is 0.231 e. The molecule has 0 bridgehead atoms. The van der Waals surface area contributed by atoms with Crippen molar-refractivity contribution in [1.82, 2.24) is 0 Å². The lowest BCUT2D eigenvalue weighted by atomic mass is 10.0. The van der Waals surface area contributed by atoms with Crippen LogP contribution in [0.1, 0.15) is 18.4 Å². The Balaban J connectivity index is 2.55. The van der Waals surface area contributed by atoms with Gasteiger partial charge in [-0.05, 0) is 18.6 Å². The molecule has 0 saturated carbocycles. The summed E-state index contributed by atoms with van der Waals surface area (Å²) in [5.41, 5.74) is 1.84. The average molecular weight is 177 g/mol. The zero-order valence-corrected chi connectivity index (χ0v) is 7.63. The van der Waals surface area contributed by atoms with Gasteiger partial charge in [-0.1, -0.05) is 12.1 Å². The van der Waals surface area contributed by atoms with Crippen LogP contribution in [0.25, 0.3) is 0 Å². The van der Waals surface area contributed by atoms with Crippen molar-refractivity contribution < 1.29 is 9.53 Å². The molecule has 3 nitrogen and oxygen atoms in total. The second-order valence-electron chi connectivity index (χ2n) is 3.14. The number of methoxy groups -OCH3 is 1. The first-order valence-electron chi connectivity index (χ1n) is 4.22. The van der Waals surface area contributed by atoms with Crippen LogP contribution in [0.2, 0.25) is 0 Å². The Bertz CT molecular complexity index is 360. The van der Waals surface area contributed by atoms with Crippen LogP contribution in [0.15, 0.2) is 18.2 Å². The van der Waals surface area contributed by atoms with Crippen molar-refractivity contribution in [3.8, 4) is 5.75 Å². The van der Waals surface area contributed by atoms with Crippen LogP contribution in [0, 0.1) is 0 Å². The summed E-state index contributed by atoms with van der Waals surface area (Å²) < 4.78 is 5.14. The molecule has 1 aliphatic heterocycles. The van der Waals surface area contributed by atoms with Gasteiger partial charge in [0, 0.05) is 0 Å². The van der Waals surface area contributed by atoms with Crippen molar-refractivity contribution in [2.24, 2.45) is 0 Å². The molecule has 1 atom stereocenters. The first-order chi connectivity index (χ1) is 6.24. The van der Waals surface area contributed by atoms with E-state index in [0.29, 0.717) is 0 Å². The number of para-hydroxylation sites is 1. The van der Waals surface area contributed by atoms with Crippen LogP contribution in [0.4, 0.5) is 5.69 Å². The molecular weight excluding hydrogens is 166 g/mol. The third-order valence-electron chi connectivity index (χ3n) is 2.39. The fraction of sp³-hybridized carbons (Fsp3) is 0.300. The van der Waals surface area contributed by atoms with E-state index in [1.165, 1.54) is 0 Å². The molecule has 1 aliphatic rings. The lowest BCUT2D eigenvalue weighted by molar-refractivity contribution is -0.116. The van der Waals surface area contributed by atoms with E-state index in [2.05, 4.69) is 5.32 Å². The molecular formula is C10H11NO2. The van der Waals surface area contributed by atoms with Crippen molar-refractivity contribution in [3.05, 3.63) is 23.8 Å². The van der Waals surface area contributed by atoms with Gasteiger partial charge < -0.3 is 10.1 Å². The van der Waals surface area contributed by atoms with E-state index in [1.807, 2.05) is 25.1 Å². The molecule has 0 aromatic heterocycles. The topological polar surface area (TPSA) is 38.3 Å². The van der Waals surface area contributed by atoms with Gasteiger partial charge in [0.15, 0.2) is 0 Å². The Hall–Kier alpha value is -1.51. The van der Waals surface area contributed by atoms with Crippen molar-refractivity contribution in [1.29, 1.82) is 0 Å². The standard InChI is InChI=1S/C10H11NO2/c1-6-7-4-3-5-8(13-2)9(7)11-10(6)12/h3-6H,1-2H3,(H,11,12). The summed E-state index contributed by atoms with van der Waals surface area (Å²) in [4.78, 5) is 11.3. The first-order valence-corrected chi connectivity index (χ1v) is 4.22. The van der Waals surface area contributed by atoms with Gasteiger partial charge in [0.2, 0.25) is 5.91 Å². The number of ether oxygens (including phenoxy) is 1. The molecule has 13 heavy (non-hydrogen) atoms. The van der Waals surface area contributed by atoms with E-state index in [9.17, 15) is 4.79 Å². The third-order valence-corrected chi connectivity index (χ3v) is 2.39. The fourth-order valence-electron chi connectivity index (χ4n) is 1.59. The van der Waals surface area contributed by atoms with Crippen LogP contribution in [0.5, 0.6) is 5.75 Å². The first kappa shape index (κ1) is 8.10. The van der Waals surface area contributed by atoms with Gasteiger partial charge in [0.25, 0.3) is 0 Å². The number of anilines is 1. The summed E-state index contributed by atoms with van der Waals surface area (Å²) in [7, 11) is 1.60. The molecule has 68 valence electrons. The highest BCUT2D eigenvalue weighted by atomic mass is 16.5. The van der Waals surface area contributed by atoms with Gasteiger partial charge in [-0.3, -0.25) is 4.79 Å². The lowest BCUT2D eigenvalue weighted by Gasteiger charge is -2.05. The van der Waals surface area contributed by atoms with E-state index in [0.717, 1.165) is 17.0 Å². The number of carbonyl (C=O) groups excluding carboxylic acids is 1. The normalized spacial score (nSPS) is 19.5. The summed E-state index contributed by atoms with van der Waals surface area (Å²) in [6, 6.07) is 5.69. The molecule has 0 spiro atoms. The largest absolute Gasteiger partial charge is 0.495 e. The molecule has 2 rings (SSSR count). The molecule has 1 amide bonds. The summed E-state index contributed by atoms with van der Waals surface area (Å²) in [6.07, 6.45) is 0. The Morgan fingerprint density at radius 1 is 1.46 bits per heavy atom. The predicted molar refractivity (Wildman–Crippen MR) is 50.0 cm³/mol. The maximum absolute atomic E-state index is 11.3. The van der Waals surface area contributed by atoms with E-state index < -0.39 is 0 Å². The molecule has 0 radical (unpaired) electrons. The number of rotatable bonds is 1. The second-order valence-corrected chi connectivity index (χ2v) is 3.14. The molecule has 1 heterocycles. The quantitative estimate of drug-likeness (QED) is 0.709. The number of nitrogens with one attached hydrogen (secondary N) is 1. The Labute approximate surface area is 76.7 Å². The third kappa shape index (κ3) is 1.08. The molecule has 1 aromatic rings. The van der Waals surface area contributed by atoms with Crippen molar-refractivity contribution >= 4 is 11.6 Å². The lowest BCUT2D eigenvalue weighted by Crippen LogP contribution is -2.08. The van der Waals surface area contributed by atoms with E-state index in [1.54, 1.807) is 7.11 Å². The Morgan fingerprint density at radius 2 is 2.23 bits per heavy atom. The summed E-state index contributed by atoms with van der Waals surface area (Å²) in [5, 5.41) is 2.80. The van der Waals surface area contributed by atoms with Crippen LogP contribution >= 0.6 is 0 Å². The minimum absolute atomic E-state index is 0.0412. The van der Waals surface area contributed by atoms with Gasteiger partial charge in [-0.2, -0.15) is 0 Å². The number of hydrogen-bond acceptors (Lipinski definition) is 2. The molecule has 0 fully saturated rings. The highest BCUT2D eigenvalue weighted by Crippen LogP contribution is 2.38. The average Bonchev–Trinajstić information content (AvgIpc) is 2.43. The van der Waals surface area contributed by atoms with Crippen LogP contribution in [-0.2, 0) is 4.79 Å². The van der Waals surface area contributed by atoms with E-state index >= 15 is 0 Å². The zero-order valence-electron chi connectivity index (χ0n) is 7.63. The SMILES string of the molecule is COc1cccc2c1NC(=O)C2C. The van der Waals surface area contributed by atoms with Crippen molar-refractivity contribution in [2.75, 3.05) is 12.4 Å². The number of hydrogen-bond donors (Lipinski definition) is 1. The van der Waals surface area contributed by atoms with Gasteiger partial charge in [-0.25, -0.2) is 0 Å². The molecule has 1 unspecified atom stereocenters. The number of amides is 1. The highest BCUT2D eigenvalue weighted by Gasteiger charge is 2.28. The molecule has 0 saturated heterocycles. The molecule has 3 heteroatoms. The Morgan fingerprint density at radius 3 is 2.92 bits per heavy atom. The minimum Gasteiger partial charge on any atom is -0.495 e. The van der Waals surface area contributed by atoms with Crippen molar-refractivity contribution in [2.45, 2.75) is 12.8 Å². The van der Waals surface area contributed by atoms with E-state index in [-0.39, 0.29) is 11.8 Å². The summed E-state index contributed by atoms with van der Waals surface area (Å²) in [6.45, 7) is 1.89. The summed E-state index contributed by atoms with van der Waals surface area (Å²) in [5.74, 6) is 0.708. The van der Waals surface area contributed by atoms with Crippen LogP contribution in [0.3, 0.4) is 0 Å². The van der Waals surface area contributed by atoms with Gasteiger partial charge in [0.1, 0.15) is 5.75 Å². The maximum Gasteiger partial charge on any atom is 0.231 e. The van der Waals surface area contributed by atoms with Gasteiger partial charge in [-0.15, -0.1) is 0 Å². The zero-order chi connectivity index (χ0) is 9.42. The number of benzene rings is 1. The monoisotopic (exact) mass is 177 g/mol. The maximum atomic E-state index is 11.3.